The van der Waals surface area contributed by atoms with Gasteiger partial charge in [0, 0.05) is 13.1 Å². The van der Waals surface area contributed by atoms with E-state index in [4.69, 9.17) is 9.47 Å². The lowest BCUT2D eigenvalue weighted by Crippen LogP contribution is -2.43. The maximum atomic E-state index is 11.8. The van der Waals surface area contributed by atoms with Gasteiger partial charge in [-0.05, 0) is 40.0 Å². The summed E-state index contributed by atoms with van der Waals surface area (Å²) in [6, 6.07) is 0. The van der Waals surface area contributed by atoms with Gasteiger partial charge in [0.05, 0.1) is 12.5 Å². The second-order valence-corrected chi connectivity index (χ2v) is 5.91. The molecule has 1 heterocycles. The maximum Gasteiger partial charge on any atom is 0.410 e. The first-order valence-electron chi connectivity index (χ1n) is 6.98. The Hall–Kier alpha value is -1.26. The zero-order valence-electron chi connectivity index (χ0n) is 12.4. The predicted octanol–water partition coefficient (Wildman–Crippen LogP) is 2.59. The van der Waals surface area contributed by atoms with Crippen molar-refractivity contribution < 1.29 is 19.1 Å². The molecule has 1 fully saturated rings. The molecule has 5 nitrogen and oxygen atoms in total. The van der Waals surface area contributed by atoms with Gasteiger partial charge in [-0.2, -0.15) is 0 Å². The first-order valence-corrected chi connectivity index (χ1v) is 6.98. The van der Waals surface area contributed by atoms with Gasteiger partial charge in [-0.25, -0.2) is 4.79 Å². The maximum absolute atomic E-state index is 11.8. The van der Waals surface area contributed by atoms with Crippen molar-refractivity contribution in [1.29, 1.82) is 0 Å². The number of hydrogen-bond acceptors (Lipinski definition) is 4. The molecule has 5 heteroatoms. The van der Waals surface area contributed by atoms with E-state index in [9.17, 15) is 9.59 Å². The topological polar surface area (TPSA) is 55.8 Å². The second kappa shape index (κ2) is 6.78. The first kappa shape index (κ1) is 15.8. The molecule has 19 heavy (non-hydrogen) atoms. The third-order valence-corrected chi connectivity index (χ3v) is 2.93. The highest BCUT2D eigenvalue weighted by molar-refractivity contribution is 5.73. The number of nitrogens with zero attached hydrogens (tertiary/aromatic N) is 1. The van der Waals surface area contributed by atoms with Gasteiger partial charge in [0.2, 0.25) is 0 Å². The van der Waals surface area contributed by atoms with Crippen LogP contribution in [0.4, 0.5) is 4.79 Å². The third-order valence-electron chi connectivity index (χ3n) is 2.93. The summed E-state index contributed by atoms with van der Waals surface area (Å²) in [6.45, 7) is 9.10. The molecule has 0 atom stereocenters. The summed E-state index contributed by atoms with van der Waals surface area (Å²) in [5.41, 5.74) is -0.478. The summed E-state index contributed by atoms with van der Waals surface area (Å²) in [4.78, 5) is 25.2. The molecular weight excluding hydrogens is 246 g/mol. The van der Waals surface area contributed by atoms with E-state index in [1.165, 1.54) is 0 Å². The zero-order valence-corrected chi connectivity index (χ0v) is 12.4. The molecule has 0 bridgehead atoms. The Kier molecular flexibility index (Phi) is 5.63. The third kappa shape index (κ3) is 5.49. The van der Waals surface area contributed by atoms with Crippen LogP contribution in [-0.2, 0) is 14.3 Å². The van der Waals surface area contributed by atoms with E-state index in [1.54, 1.807) is 4.90 Å². The lowest BCUT2D eigenvalue weighted by Gasteiger charge is -2.32. The van der Waals surface area contributed by atoms with Crippen LogP contribution in [0.5, 0.6) is 0 Å². The van der Waals surface area contributed by atoms with Crippen LogP contribution < -0.4 is 0 Å². The number of likely N-dealkylation sites (tertiary alicyclic amines) is 1. The lowest BCUT2D eigenvalue weighted by molar-refractivity contribution is -0.150. The summed E-state index contributed by atoms with van der Waals surface area (Å²) in [6.07, 6.45) is 1.85. The fraction of sp³-hybridized carbons (Fsp3) is 0.857. The van der Waals surface area contributed by atoms with Crippen molar-refractivity contribution in [3.05, 3.63) is 0 Å². The van der Waals surface area contributed by atoms with Crippen molar-refractivity contribution >= 4 is 12.1 Å². The molecule has 1 amide bonds. The average Bonchev–Trinajstić information content (AvgIpc) is 2.34. The lowest BCUT2D eigenvalue weighted by atomic mass is 9.97. The number of carbonyl (C=O) groups is 2. The molecule has 1 aliphatic heterocycles. The Bertz CT molecular complexity index is 314. The van der Waals surface area contributed by atoms with Gasteiger partial charge in [-0.3, -0.25) is 4.79 Å². The van der Waals surface area contributed by atoms with Crippen LogP contribution in [0.2, 0.25) is 0 Å². The molecule has 0 aliphatic carbocycles. The molecule has 0 aromatic heterocycles. The van der Waals surface area contributed by atoms with Gasteiger partial charge in [0.15, 0.2) is 0 Å². The zero-order chi connectivity index (χ0) is 14.5. The molecule has 0 saturated carbocycles. The summed E-state index contributed by atoms with van der Waals surface area (Å²) in [7, 11) is 0. The number of rotatable bonds is 3. The van der Waals surface area contributed by atoms with E-state index in [1.807, 2.05) is 27.7 Å². The normalized spacial score (nSPS) is 17.2. The Morgan fingerprint density at radius 1 is 1.21 bits per heavy atom. The van der Waals surface area contributed by atoms with E-state index in [-0.39, 0.29) is 18.0 Å². The molecule has 0 spiro atoms. The second-order valence-electron chi connectivity index (χ2n) is 5.91. The van der Waals surface area contributed by atoms with Crippen LogP contribution in [0.25, 0.3) is 0 Å². The predicted molar refractivity (Wildman–Crippen MR) is 71.8 cm³/mol. The van der Waals surface area contributed by atoms with Crippen molar-refractivity contribution in [2.45, 2.75) is 52.6 Å². The van der Waals surface area contributed by atoms with Gasteiger partial charge in [-0.1, -0.05) is 6.92 Å². The number of esters is 1. The fourth-order valence-corrected chi connectivity index (χ4v) is 1.94. The SMILES string of the molecule is CCCOC(=O)C1CCN(C(=O)OC(C)(C)C)CC1. The van der Waals surface area contributed by atoms with Crippen molar-refractivity contribution in [3.63, 3.8) is 0 Å². The largest absolute Gasteiger partial charge is 0.465 e. The molecule has 1 rings (SSSR count). The van der Waals surface area contributed by atoms with Crippen LogP contribution in [0.3, 0.4) is 0 Å². The minimum Gasteiger partial charge on any atom is -0.465 e. The Morgan fingerprint density at radius 2 is 1.79 bits per heavy atom. The molecule has 0 unspecified atom stereocenters. The molecule has 0 aromatic carbocycles. The van der Waals surface area contributed by atoms with Gasteiger partial charge in [0.1, 0.15) is 5.60 Å². The quantitative estimate of drug-likeness (QED) is 0.740. The highest BCUT2D eigenvalue weighted by Crippen LogP contribution is 2.20. The number of ether oxygens (including phenoxy) is 2. The monoisotopic (exact) mass is 271 g/mol. The number of amides is 1. The first-order chi connectivity index (χ1) is 8.83. The molecule has 1 saturated heterocycles. The minimum atomic E-state index is -0.478. The number of piperidine rings is 1. The van der Waals surface area contributed by atoms with E-state index in [0.717, 1.165) is 6.42 Å². The Morgan fingerprint density at radius 3 is 2.26 bits per heavy atom. The summed E-state index contributed by atoms with van der Waals surface area (Å²) < 4.78 is 10.4. The van der Waals surface area contributed by atoms with Gasteiger partial charge >= 0.3 is 12.1 Å². The molecule has 1 aliphatic rings. The smallest absolute Gasteiger partial charge is 0.410 e. The van der Waals surface area contributed by atoms with E-state index < -0.39 is 5.60 Å². The van der Waals surface area contributed by atoms with Crippen LogP contribution >= 0.6 is 0 Å². The minimum absolute atomic E-state index is 0.0785. The molecule has 0 radical (unpaired) electrons. The van der Waals surface area contributed by atoms with Gasteiger partial charge < -0.3 is 14.4 Å². The van der Waals surface area contributed by atoms with Gasteiger partial charge in [0.25, 0.3) is 0 Å². The van der Waals surface area contributed by atoms with Crippen LogP contribution in [0.15, 0.2) is 0 Å². The highest BCUT2D eigenvalue weighted by atomic mass is 16.6. The van der Waals surface area contributed by atoms with Crippen molar-refractivity contribution in [1.82, 2.24) is 4.90 Å². The standard InChI is InChI=1S/C14H25NO4/c1-5-10-18-12(16)11-6-8-15(9-7-11)13(17)19-14(2,3)4/h11H,5-10H2,1-4H3. The molecule has 0 aromatic rings. The van der Waals surface area contributed by atoms with Crippen molar-refractivity contribution in [2.24, 2.45) is 5.92 Å². The van der Waals surface area contributed by atoms with Crippen molar-refractivity contribution in [3.8, 4) is 0 Å². The van der Waals surface area contributed by atoms with E-state index in [0.29, 0.717) is 32.5 Å². The Balaban J connectivity index is 2.36. The van der Waals surface area contributed by atoms with Gasteiger partial charge in [-0.15, -0.1) is 0 Å². The molecule has 0 N–H and O–H groups in total. The Labute approximate surface area is 115 Å². The van der Waals surface area contributed by atoms with Crippen LogP contribution in [0, 0.1) is 5.92 Å². The molecule has 110 valence electrons. The van der Waals surface area contributed by atoms with Crippen LogP contribution in [0.1, 0.15) is 47.0 Å². The number of carbonyl (C=O) groups excluding carboxylic acids is 2. The van der Waals surface area contributed by atoms with E-state index >= 15 is 0 Å². The summed E-state index contributed by atoms with van der Waals surface area (Å²) in [5.74, 6) is -0.212. The highest BCUT2D eigenvalue weighted by Gasteiger charge is 2.30. The van der Waals surface area contributed by atoms with E-state index in [2.05, 4.69) is 0 Å². The average molecular weight is 271 g/mol. The summed E-state index contributed by atoms with van der Waals surface area (Å²) >= 11 is 0. The summed E-state index contributed by atoms with van der Waals surface area (Å²) in [5, 5.41) is 0. The number of hydrogen-bond donors (Lipinski definition) is 0. The molecular formula is C14H25NO4. The van der Waals surface area contributed by atoms with Crippen molar-refractivity contribution in [2.75, 3.05) is 19.7 Å². The fourth-order valence-electron chi connectivity index (χ4n) is 1.94. The van der Waals surface area contributed by atoms with Crippen LogP contribution in [-0.4, -0.2) is 42.3 Å².